The topological polar surface area (TPSA) is 72.9 Å². The maximum absolute atomic E-state index is 5.73. The van der Waals surface area contributed by atoms with Crippen LogP contribution in [0.4, 0.5) is 5.69 Å². The van der Waals surface area contributed by atoms with Crippen LogP contribution in [0.15, 0.2) is 24.3 Å². The molecule has 0 saturated carbocycles. The molecule has 2 aromatic rings. The first-order chi connectivity index (χ1) is 8.13. The zero-order valence-electron chi connectivity index (χ0n) is 10.0. The summed E-state index contributed by atoms with van der Waals surface area (Å²) in [7, 11) is 3.77. The number of aromatic nitrogens is 4. The first-order valence-electron chi connectivity index (χ1n) is 5.39. The van der Waals surface area contributed by atoms with Gasteiger partial charge in [0.1, 0.15) is 0 Å². The highest BCUT2D eigenvalue weighted by molar-refractivity contribution is 5.40. The monoisotopic (exact) mass is 232 g/mol. The fourth-order valence-corrected chi connectivity index (χ4v) is 1.69. The normalized spacial score (nSPS) is 11.0. The van der Waals surface area contributed by atoms with Crippen LogP contribution in [0.5, 0.6) is 0 Å². The second-order valence-electron chi connectivity index (χ2n) is 4.11. The lowest BCUT2D eigenvalue weighted by atomic mass is 10.2. The Morgan fingerprint density at radius 3 is 2.82 bits per heavy atom. The molecular formula is C11H16N6. The molecule has 1 aromatic heterocycles. The van der Waals surface area contributed by atoms with E-state index in [4.69, 9.17) is 5.73 Å². The lowest BCUT2D eigenvalue weighted by Crippen LogP contribution is -2.18. The molecule has 1 heterocycles. The Morgan fingerprint density at radius 1 is 1.35 bits per heavy atom. The van der Waals surface area contributed by atoms with E-state index in [1.165, 1.54) is 10.4 Å². The van der Waals surface area contributed by atoms with Crippen LogP contribution in [0.3, 0.4) is 0 Å². The van der Waals surface area contributed by atoms with E-state index in [9.17, 15) is 0 Å². The Balaban J connectivity index is 1.95. The van der Waals surface area contributed by atoms with Crippen LogP contribution in [-0.4, -0.2) is 32.2 Å². The molecule has 0 spiro atoms. The van der Waals surface area contributed by atoms with Gasteiger partial charge in [-0.15, -0.1) is 10.2 Å². The van der Waals surface area contributed by atoms with E-state index in [-0.39, 0.29) is 0 Å². The van der Waals surface area contributed by atoms with Crippen molar-refractivity contribution in [2.75, 3.05) is 12.8 Å². The highest BCUT2D eigenvalue weighted by Gasteiger charge is 2.06. The fourth-order valence-electron chi connectivity index (χ4n) is 1.69. The SMILES string of the molecule is CN(Cc1cccc(N)c1)Cc1nnn(C)n1. The van der Waals surface area contributed by atoms with Crippen LogP contribution >= 0.6 is 0 Å². The number of rotatable bonds is 4. The van der Waals surface area contributed by atoms with Crippen molar-refractivity contribution in [3.05, 3.63) is 35.7 Å². The first kappa shape index (κ1) is 11.5. The Hall–Kier alpha value is -1.95. The summed E-state index contributed by atoms with van der Waals surface area (Å²) in [5.41, 5.74) is 7.70. The second kappa shape index (κ2) is 4.92. The van der Waals surface area contributed by atoms with Gasteiger partial charge in [-0.2, -0.15) is 4.80 Å². The van der Waals surface area contributed by atoms with E-state index in [1.54, 1.807) is 7.05 Å². The molecule has 0 bridgehead atoms. The molecular weight excluding hydrogens is 216 g/mol. The quantitative estimate of drug-likeness (QED) is 0.774. The minimum Gasteiger partial charge on any atom is -0.399 e. The summed E-state index contributed by atoms with van der Waals surface area (Å²) in [6, 6.07) is 7.87. The molecule has 0 unspecified atom stereocenters. The lowest BCUT2D eigenvalue weighted by molar-refractivity contribution is 0.310. The van der Waals surface area contributed by atoms with E-state index < -0.39 is 0 Å². The van der Waals surface area contributed by atoms with Gasteiger partial charge in [-0.1, -0.05) is 12.1 Å². The summed E-state index contributed by atoms with van der Waals surface area (Å²) in [4.78, 5) is 3.58. The molecule has 0 aliphatic rings. The van der Waals surface area contributed by atoms with E-state index in [2.05, 4.69) is 26.4 Å². The van der Waals surface area contributed by atoms with Crippen LogP contribution in [0.1, 0.15) is 11.4 Å². The van der Waals surface area contributed by atoms with Gasteiger partial charge in [0.15, 0.2) is 5.82 Å². The first-order valence-corrected chi connectivity index (χ1v) is 5.39. The van der Waals surface area contributed by atoms with Crippen molar-refractivity contribution in [2.24, 2.45) is 7.05 Å². The fraction of sp³-hybridized carbons (Fsp3) is 0.364. The van der Waals surface area contributed by atoms with Crippen molar-refractivity contribution in [3.8, 4) is 0 Å². The number of hydrogen-bond acceptors (Lipinski definition) is 5. The van der Waals surface area contributed by atoms with Crippen LogP contribution in [0, 0.1) is 0 Å². The predicted molar refractivity (Wildman–Crippen MR) is 64.8 cm³/mol. The number of tetrazole rings is 1. The van der Waals surface area contributed by atoms with Gasteiger partial charge in [-0.25, -0.2) is 0 Å². The van der Waals surface area contributed by atoms with E-state index in [0.717, 1.165) is 18.1 Å². The molecule has 0 fully saturated rings. The van der Waals surface area contributed by atoms with Gasteiger partial charge in [0.25, 0.3) is 0 Å². The van der Waals surface area contributed by atoms with Crippen molar-refractivity contribution in [1.29, 1.82) is 0 Å². The summed E-state index contributed by atoms with van der Waals surface area (Å²) >= 11 is 0. The third kappa shape index (κ3) is 3.25. The summed E-state index contributed by atoms with van der Waals surface area (Å²) in [5.74, 6) is 0.721. The Labute approximate surface area is 100 Å². The highest BCUT2D eigenvalue weighted by Crippen LogP contribution is 2.09. The van der Waals surface area contributed by atoms with Gasteiger partial charge >= 0.3 is 0 Å². The molecule has 6 heteroatoms. The number of nitrogen functional groups attached to an aromatic ring is 1. The largest absolute Gasteiger partial charge is 0.399 e. The predicted octanol–water partition coefficient (Wildman–Crippen LogP) is 0.424. The van der Waals surface area contributed by atoms with E-state index in [0.29, 0.717) is 6.54 Å². The van der Waals surface area contributed by atoms with Crippen molar-refractivity contribution >= 4 is 5.69 Å². The van der Waals surface area contributed by atoms with E-state index in [1.807, 2.05) is 25.2 Å². The maximum atomic E-state index is 5.73. The highest BCUT2D eigenvalue weighted by atomic mass is 15.6. The molecule has 0 saturated heterocycles. The summed E-state index contributed by atoms with van der Waals surface area (Å²) < 4.78 is 0. The number of aryl methyl sites for hydroxylation is 1. The molecule has 0 radical (unpaired) electrons. The zero-order chi connectivity index (χ0) is 12.3. The zero-order valence-corrected chi connectivity index (χ0v) is 10.0. The molecule has 17 heavy (non-hydrogen) atoms. The molecule has 2 N–H and O–H groups in total. The second-order valence-corrected chi connectivity index (χ2v) is 4.11. The molecule has 2 rings (SSSR count). The summed E-state index contributed by atoms with van der Waals surface area (Å²) in [5, 5.41) is 11.9. The number of benzene rings is 1. The molecule has 6 nitrogen and oxygen atoms in total. The number of anilines is 1. The minimum absolute atomic E-state index is 0.669. The molecule has 1 aromatic carbocycles. The number of nitrogens with two attached hydrogens (primary N) is 1. The van der Waals surface area contributed by atoms with Crippen molar-refractivity contribution in [2.45, 2.75) is 13.1 Å². The molecule has 0 aliphatic carbocycles. The average molecular weight is 232 g/mol. The van der Waals surface area contributed by atoms with E-state index >= 15 is 0 Å². The number of hydrogen-bond donors (Lipinski definition) is 1. The third-order valence-electron chi connectivity index (χ3n) is 2.36. The van der Waals surface area contributed by atoms with Gasteiger partial charge in [-0.05, 0) is 30.0 Å². The van der Waals surface area contributed by atoms with Gasteiger partial charge in [-0.3, -0.25) is 4.90 Å². The van der Waals surface area contributed by atoms with Crippen LogP contribution in [0.2, 0.25) is 0 Å². The van der Waals surface area contributed by atoms with Crippen molar-refractivity contribution in [1.82, 2.24) is 25.1 Å². The van der Waals surface area contributed by atoms with Gasteiger partial charge in [0.2, 0.25) is 0 Å². The van der Waals surface area contributed by atoms with Gasteiger partial charge in [0.05, 0.1) is 13.6 Å². The Bertz CT molecular complexity index is 492. The third-order valence-corrected chi connectivity index (χ3v) is 2.36. The van der Waals surface area contributed by atoms with Crippen LogP contribution < -0.4 is 5.73 Å². The maximum Gasteiger partial charge on any atom is 0.188 e. The van der Waals surface area contributed by atoms with Crippen LogP contribution in [0.25, 0.3) is 0 Å². The van der Waals surface area contributed by atoms with Crippen molar-refractivity contribution < 1.29 is 0 Å². The van der Waals surface area contributed by atoms with Gasteiger partial charge < -0.3 is 5.73 Å². The Morgan fingerprint density at radius 2 is 2.18 bits per heavy atom. The molecule has 90 valence electrons. The molecule has 0 aliphatic heterocycles. The summed E-state index contributed by atoms with van der Waals surface area (Å²) in [6.45, 7) is 1.48. The van der Waals surface area contributed by atoms with Gasteiger partial charge in [0, 0.05) is 12.2 Å². The number of nitrogens with zero attached hydrogens (tertiary/aromatic N) is 5. The Kier molecular flexibility index (Phi) is 3.34. The van der Waals surface area contributed by atoms with Crippen molar-refractivity contribution in [3.63, 3.8) is 0 Å². The molecule has 0 atom stereocenters. The summed E-state index contributed by atoms with van der Waals surface area (Å²) in [6.07, 6.45) is 0. The average Bonchev–Trinajstić information content (AvgIpc) is 2.63. The standard InChI is InChI=1S/C11H16N6/c1-16(8-11-13-15-17(2)14-11)7-9-4-3-5-10(12)6-9/h3-6H,7-8,12H2,1-2H3. The van der Waals surface area contributed by atoms with Crippen LogP contribution in [-0.2, 0) is 20.1 Å². The minimum atomic E-state index is 0.669. The molecule has 0 amide bonds. The lowest BCUT2D eigenvalue weighted by Gasteiger charge is -2.14. The smallest absolute Gasteiger partial charge is 0.188 e.